The molecule has 0 atom stereocenters. The molecule has 1 N–H and O–H groups in total. The van der Waals surface area contributed by atoms with Crippen LogP contribution in [-0.2, 0) is 19.5 Å². The highest BCUT2D eigenvalue weighted by Crippen LogP contribution is 2.17. The molecule has 0 spiro atoms. The number of nitrogens with zero attached hydrogens (tertiary/aromatic N) is 2. The lowest BCUT2D eigenvalue weighted by Crippen LogP contribution is -2.20. The highest BCUT2D eigenvalue weighted by Gasteiger charge is 2.08. The quantitative estimate of drug-likeness (QED) is 0.702. The minimum atomic E-state index is 0.956. The van der Waals surface area contributed by atoms with Gasteiger partial charge in [-0.3, -0.25) is 0 Å². The largest absolute Gasteiger partial charge is 0.327 e. The molecule has 0 fully saturated rings. The van der Waals surface area contributed by atoms with Gasteiger partial charge >= 0.3 is 0 Å². The second-order valence-corrected chi connectivity index (χ2v) is 6.23. The SMILES string of the molecule is CCc1nc2ccccc2n1CCNCc1sccc1C. The monoisotopic (exact) mass is 299 g/mol. The van der Waals surface area contributed by atoms with Crippen molar-refractivity contribution in [3.63, 3.8) is 0 Å². The van der Waals surface area contributed by atoms with Gasteiger partial charge in [0.05, 0.1) is 11.0 Å². The Hall–Kier alpha value is -1.65. The minimum absolute atomic E-state index is 0.956. The Bertz CT molecular complexity index is 727. The van der Waals surface area contributed by atoms with Crippen LogP contribution in [0.5, 0.6) is 0 Å². The first-order valence-electron chi connectivity index (χ1n) is 7.47. The summed E-state index contributed by atoms with van der Waals surface area (Å²) in [6, 6.07) is 10.6. The van der Waals surface area contributed by atoms with Crippen LogP contribution in [0.15, 0.2) is 35.7 Å². The van der Waals surface area contributed by atoms with E-state index in [9.17, 15) is 0 Å². The fourth-order valence-corrected chi connectivity index (χ4v) is 3.50. The zero-order chi connectivity index (χ0) is 14.7. The molecule has 0 radical (unpaired) electrons. The zero-order valence-electron chi connectivity index (χ0n) is 12.6. The molecule has 0 bridgehead atoms. The van der Waals surface area contributed by atoms with Crippen LogP contribution >= 0.6 is 11.3 Å². The topological polar surface area (TPSA) is 29.9 Å². The van der Waals surface area contributed by atoms with Crippen molar-refractivity contribution in [1.29, 1.82) is 0 Å². The van der Waals surface area contributed by atoms with Crippen LogP contribution in [0.4, 0.5) is 0 Å². The lowest BCUT2D eigenvalue weighted by Gasteiger charge is -2.09. The van der Waals surface area contributed by atoms with E-state index in [2.05, 4.69) is 59.4 Å². The first-order chi connectivity index (χ1) is 10.3. The van der Waals surface area contributed by atoms with Crippen LogP contribution in [0.25, 0.3) is 11.0 Å². The molecule has 0 saturated carbocycles. The molecule has 21 heavy (non-hydrogen) atoms. The fraction of sp³-hybridized carbons (Fsp3) is 0.353. The van der Waals surface area contributed by atoms with Gasteiger partial charge in [-0.15, -0.1) is 11.3 Å². The predicted molar refractivity (Wildman–Crippen MR) is 89.9 cm³/mol. The molecule has 0 unspecified atom stereocenters. The van der Waals surface area contributed by atoms with Crippen molar-refractivity contribution in [3.05, 3.63) is 52.0 Å². The molecule has 0 amide bonds. The summed E-state index contributed by atoms with van der Waals surface area (Å²) < 4.78 is 2.34. The van der Waals surface area contributed by atoms with Crippen molar-refractivity contribution in [3.8, 4) is 0 Å². The van der Waals surface area contributed by atoms with Gasteiger partial charge < -0.3 is 9.88 Å². The molecule has 3 aromatic rings. The van der Waals surface area contributed by atoms with Gasteiger partial charge in [-0.05, 0) is 36.1 Å². The number of nitrogens with one attached hydrogen (secondary N) is 1. The third-order valence-electron chi connectivity index (χ3n) is 3.82. The van der Waals surface area contributed by atoms with Crippen molar-refractivity contribution in [2.75, 3.05) is 6.54 Å². The number of hydrogen-bond acceptors (Lipinski definition) is 3. The molecule has 3 rings (SSSR count). The summed E-state index contributed by atoms with van der Waals surface area (Å²) in [6.45, 7) is 7.22. The third-order valence-corrected chi connectivity index (χ3v) is 4.84. The standard InChI is InChI=1S/C17H21N3S/c1-3-17-19-14-6-4-5-7-15(14)20(17)10-9-18-12-16-13(2)8-11-21-16/h4-8,11,18H,3,9-10,12H2,1-2H3. The number of thiophene rings is 1. The lowest BCUT2D eigenvalue weighted by atomic mass is 10.3. The van der Waals surface area contributed by atoms with E-state index in [4.69, 9.17) is 4.98 Å². The van der Waals surface area contributed by atoms with E-state index in [0.717, 1.165) is 31.6 Å². The van der Waals surface area contributed by atoms with Crippen molar-refractivity contribution >= 4 is 22.4 Å². The van der Waals surface area contributed by atoms with E-state index in [0.29, 0.717) is 0 Å². The Kier molecular flexibility index (Phi) is 4.36. The van der Waals surface area contributed by atoms with Gasteiger partial charge in [-0.1, -0.05) is 19.1 Å². The maximum atomic E-state index is 4.71. The Morgan fingerprint density at radius 2 is 2.10 bits per heavy atom. The van der Waals surface area contributed by atoms with Crippen LogP contribution in [0.1, 0.15) is 23.2 Å². The molecule has 4 heteroatoms. The molecular weight excluding hydrogens is 278 g/mol. The lowest BCUT2D eigenvalue weighted by molar-refractivity contribution is 0.593. The van der Waals surface area contributed by atoms with Gasteiger partial charge in [0.1, 0.15) is 5.82 Å². The van der Waals surface area contributed by atoms with E-state index in [-0.39, 0.29) is 0 Å². The summed E-state index contributed by atoms with van der Waals surface area (Å²) in [5.74, 6) is 1.17. The van der Waals surface area contributed by atoms with Gasteiger partial charge in [0.15, 0.2) is 0 Å². The zero-order valence-corrected chi connectivity index (χ0v) is 13.4. The number of imidazole rings is 1. The Labute approximate surface area is 129 Å². The van der Waals surface area contributed by atoms with Gasteiger partial charge in [-0.2, -0.15) is 0 Å². The second-order valence-electron chi connectivity index (χ2n) is 5.23. The van der Waals surface area contributed by atoms with Gasteiger partial charge in [0, 0.05) is 30.9 Å². The highest BCUT2D eigenvalue weighted by atomic mass is 32.1. The number of fused-ring (bicyclic) bond motifs is 1. The summed E-state index contributed by atoms with van der Waals surface area (Å²) in [6.07, 6.45) is 0.971. The number of rotatable bonds is 6. The summed E-state index contributed by atoms with van der Waals surface area (Å²) in [4.78, 5) is 6.14. The van der Waals surface area contributed by atoms with E-state index in [1.165, 1.54) is 21.8 Å². The molecule has 0 saturated heterocycles. The number of aromatic nitrogens is 2. The van der Waals surface area contributed by atoms with Crippen LogP contribution in [0.2, 0.25) is 0 Å². The summed E-state index contributed by atoms with van der Waals surface area (Å²) >= 11 is 1.83. The van der Waals surface area contributed by atoms with E-state index >= 15 is 0 Å². The van der Waals surface area contributed by atoms with Crippen LogP contribution in [-0.4, -0.2) is 16.1 Å². The summed E-state index contributed by atoms with van der Waals surface area (Å²) in [5, 5.41) is 5.70. The number of aryl methyl sites for hydroxylation is 2. The molecule has 2 heterocycles. The van der Waals surface area contributed by atoms with Crippen molar-refractivity contribution in [1.82, 2.24) is 14.9 Å². The maximum absolute atomic E-state index is 4.71. The molecule has 110 valence electrons. The van der Waals surface area contributed by atoms with Gasteiger partial charge in [-0.25, -0.2) is 4.98 Å². The number of para-hydroxylation sites is 2. The molecule has 3 nitrogen and oxygen atoms in total. The average Bonchev–Trinajstić information content (AvgIpc) is 3.07. The normalized spacial score (nSPS) is 11.3. The smallest absolute Gasteiger partial charge is 0.109 e. The predicted octanol–water partition coefficient (Wildman–Crippen LogP) is 3.76. The summed E-state index contributed by atoms with van der Waals surface area (Å²) in [7, 11) is 0. The van der Waals surface area contributed by atoms with Crippen LogP contribution in [0.3, 0.4) is 0 Å². The van der Waals surface area contributed by atoms with Gasteiger partial charge in [0.2, 0.25) is 0 Å². The van der Waals surface area contributed by atoms with Crippen molar-refractivity contribution < 1.29 is 0 Å². The van der Waals surface area contributed by atoms with E-state index in [1.54, 1.807) is 0 Å². The fourth-order valence-electron chi connectivity index (χ4n) is 2.62. The van der Waals surface area contributed by atoms with Crippen LogP contribution < -0.4 is 5.32 Å². The van der Waals surface area contributed by atoms with Crippen LogP contribution in [0, 0.1) is 6.92 Å². The Balaban J connectivity index is 1.66. The van der Waals surface area contributed by atoms with Gasteiger partial charge in [0.25, 0.3) is 0 Å². The number of hydrogen-bond donors (Lipinski definition) is 1. The number of benzene rings is 1. The third kappa shape index (κ3) is 3.01. The average molecular weight is 299 g/mol. The first-order valence-corrected chi connectivity index (χ1v) is 8.35. The van der Waals surface area contributed by atoms with E-state index < -0.39 is 0 Å². The molecule has 0 aliphatic carbocycles. The Morgan fingerprint density at radius 1 is 1.24 bits per heavy atom. The van der Waals surface area contributed by atoms with E-state index in [1.807, 2.05) is 11.3 Å². The first kappa shape index (κ1) is 14.3. The Morgan fingerprint density at radius 3 is 2.86 bits per heavy atom. The van der Waals surface area contributed by atoms with Crippen molar-refractivity contribution in [2.24, 2.45) is 0 Å². The minimum Gasteiger partial charge on any atom is -0.327 e. The highest BCUT2D eigenvalue weighted by molar-refractivity contribution is 7.10. The maximum Gasteiger partial charge on any atom is 0.109 e. The molecule has 0 aliphatic heterocycles. The molecular formula is C17H21N3S. The summed E-state index contributed by atoms with van der Waals surface area (Å²) in [5.41, 5.74) is 3.72. The molecule has 2 aromatic heterocycles. The molecule has 0 aliphatic rings. The van der Waals surface area contributed by atoms with Crippen molar-refractivity contribution in [2.45, 2.75) is 33.4 Å². The second kappa shape index (κ2) is 6.41. The molecule has 1 aromatic carbocycles.